The predicted octanol–water partition coefficient (Wildman–Crippen LogP) is 9.92. The first-order valence-electron chi connectivity index (χ1n) is 14.7. The zero-order chi connectivity index (χ0) is 23.8. The van der Waals surface area contributed by atoms with E-state index in [-0.39, 0.29) is 0 Å². The van der Waals surface area contributed by atoms with Crippen molar-refractivity contribution in [1.82, 2.24) is 0 Å². The minimum absolute atomic E-state index is 0.362. The average molecular weight is 455 g/mol. The molecule has 0 aliphatic rings. The Balaban J connectivity index is 0. The lowest BCUT2D eigenvalue weighted by atomic mass is 10.1. The number of unbranched alkanes of at least 4 members (excludes halogenated alkanes) is 21. The van der Waals surface area contributed by atoms with Gasteiger partial charge in [-0.15, -0.1) is 0 Å². The fourth-order valence-corrected chi connectivity index (χ4v) is 3.96. The highest BCUT2D eigenvalue weighted by Gasteiger charge is 1.92. The van der Waals surface area contributed by atoms with Crippen molar-refractivity contribution < 1.29 is 10.2 Å². The Hall–Kier alpha value is -0.340. The van der Waals surface area contributed by atoms with Crippen LogP contribution in [-0.4, -0.2) is 23.4 Å². The maximum Gasteiger partial charge on any atom is 0.0431 e. The molecule has 0 atom stereocenters. The SMILES string of the molecule is CCCCCCCC/C=C\CCCCCCCCO.CCCCCCCCCCCCO. The third-order valence-corrected chi connectivity index (χ3v) is 6.18. The highest BCUT2D eigenvalue weighted by Crippen LogP contribution is 2.11. The monoisotopic (exact) mass is 454 g/mol. The van der Waals surface area contributed by atoms with Gasteiger partial charge in [0.25, 0.3) is 0 Å². The van der Waals surface area contributed by atoms with E-state index in [4.69, 9.17) is 10.2 Å². The topological polar surface area (TPSA) is 40.5 Å². The molecule has 0 rings (SSSR count). The molecule has 2 N–H and O–H groups in total. The molecule has 0 heterocycles. The van der Waals surface area contributed by atoms with Crippen molar-refractivity contribution in [1.29, 1.82) is 0 Å². The van der Waals surface area contributed by atoms with Crippen LogP contribution in [0, 0.1) is 0 Å². The summed E-state index contributed by atoms with van der Waals surface area (Å²) in [7, 11) is 0. The molecule has 0 fully saturated rings. The van der Waals surface area contributed by atoms with Gasteiger partial charge in [-0.25, -0.2) is 0 Å². The molecular formula is C30H62O2. The van der Waals surface area contributed by atoms with Gasteiger partial charge in [0.05, 0.1) is 0 Å². The van der Waals surface area contributed by atoms with Crippen molar-refractivity contribution in [3.05, 3.63) is 12.2 Å². The summed E-state index contributed by atoms with van der Waals surface area (Å²) in [5.74, 6) is 0. The Labute approximate surface area is 203 Å². The summed E-state index contributed by atoms with van der Waals surface area (Å²) in [6.45, 7) is 5.27. The van der Waals surface area contributed by atoms with E-state index in [9.17, 15) is 0 Å². The molecule has 0 aromatic carbocycles. The molecule has 0 unspecified atom stereocenters. The Morgan fingerprint density at radius 1 is 0.344 bits per heavy atom. The molecule has 0 aromatic heterocycles. The van der Waals surface area contributed by atoms with E-state index in [2.05, 4.69) is 26.0 Å². The van der Waals surface area contributed by atoms with Crippen LogP contribution < -0.4 is 0 Å². The summed E-state index contributed by atoms with van der Waals surface area (Å²) < 4.78 is 0. The van der Waals surface area contributed by atoms with Crippen molar-refractivity contribution in [2.75, 3.05) is 13.2 Å². The molecule has 194 valence electrons. The van der Waals surface area contributed by atoms with Crippen LogP contribution in [0.15, 0.2) is 12.2 Å². The van der Waals surface area contributed by atoms with E-state index < -0.39 is 0 Å². The van der Waals surface area contributed by atoms with Crippen molar-refractivity contribution in [2.45, 2.75) is 168 Å². The molecule has 0 spiro atoms. The van der Waals surface area contributed by atoms with Gasteiger partial charge in [-0.1, -0.05) is 142 Å². The zero-order valence-electron chi connectivity index (χ0n) is 22.4. The third kappa shape index (κ3) is 37.0. The summed E-state index contributed by atoms with van der Waals surface area (Å²) in [4.78, 5) is 0. The van der Waals surface area contributed by atoms with Gasteiger partial charge in [-0.05, 0) is 38.5 Å². The van der Waals surface area contributed by atoms with Gasteiger partial charge in [-0.2, -0.15) is 0 Å². The smallest absolute Gasteiger partial charge is 0.0431 e. The first-order chi connectivity index (χ1) is 15.8. The van der Waals surface area contributed by atoms with Crippen LogP contribution >= 0.6 is 0 Å². The Kier molecular flexibility index (Phi) is 37.3. The highest BCUT2D eigenvalue weighted by molar-refractivity contribution is 4.81. The van der Waals surface area contributed by atoms with Crippen LogP contribution in [-0.2, 0) is 0 Å². The second kappa shape index (κ2) is 35.3. The number of hydrogen-bond donors (Lipinski definition) is 2. The van der Waals surface area contributed by atoms with Crippen molar-refractivity contribution in [3.63, 3.8) is 0 Å². The van der Waals surface area contributed by atoms with E-state index >= 15 is 0 Å². The normalized spacial score (nSPS) is 11.1. The Morgan fingerprint density at radius 2 is 0.594 bits per heavy atom. The van der Waals surface area contributed by atoms with E-state index in [0.29, 0.717) is 13.2 Å². The number of rotatable bonds is 25. The van der Waals surface area contributed by atoms with Crippen molar-refractivity contribution in [2.24, 2.45) is 0 Å². The van der Waals surface area contributed by atoms with Crippen LogP contribution in [0.25, 0.3) is 0 Å². The van der Waals surface area contributed by atoms with Gasteiger partial charge < -0.3 is 10.2 Å². The van der Waals surface area contributed by atoms with E-state index in [1.807, 2.05) is 0 Å². The molecule has 0 saturated carbocycles. The Bertz CT molecular complexity index is 304. The highest BCUT2D eigenvalue weighted by atomic mass is 16.3. The molecule has 0 aromatic rings. The largest absolute Gasteiger partial charge is 0.396 e. The molecule has 0 radical (unpaired) electrons. The summed E-state index contributed by atoms with van der Waals surface area (Å²) >= 11 is 0. The van der Waals surface area contributed by atoms with Gasteiger partial charge in [0.15, 0.2) is 0 Å². The van der Waals surface area contributed by atoms with E-state index in [0.717, 1.165) is 12.8 Å². The van der Waals surface area contributed by atoms with E-state index in [1.54, 1.807) is 0 Å². The molecule has 0 aliphatic carbocycles. The minimum atomic E-state index is 0.362. The number of hydrogen-bond acceptors (Lipinski definition) is 2. The number of aliphatic hydroxyl groups excluding tert-OH is 2. The molecule has 0 amide bonds. The maximum atomic E-state index is 8.66. The van der Waals surface area contributed by atoms with Gasteiger partial charge in [0.2, 0.25) is 0 Å². The second-order valence-electron chi connectivity index (χ2n) is 9.57. The van der Waals surface area contributed by atoms with Crippen LogP contribution in [0.4, 0.5) is 0 Å². The minimum Gasteiger partial charge on any atom is -0.396 e. The molecule has 0 bridgehead atoms. The summed E-state index contributed by atoms with van der Waals surface area (Å²) in [5.41, 5.74) is 0. The van der Waals surface area contributed by atoms with Gasteiger partial charge in [-0.3, -0.25) is 0 Å². The molecule has 2 heteroatoms. The van der Waals surface area contributed by atoms with Crippen LogP contribution in [0.1, 0.15) is 168 Å². The standard InChI is InChI=1S/C18H36O.C12H26O/c1-2-3-4-5-6-7-8-9-10-11-12-13-14-15-16-17-18-19;1-2-3-4-5-6-7-8-9-10-11-12-13/h9-10,19H,2-8,11-18H2,1H3;13H,2-12H2,1H3/b10-9-;. The lowest BCUT2D eigenvalue weighted by molar-refractivity contribution is 0.282. The van der Waals surface area contributed by atoms with Crippen LogP contribution in [0.5, 0.6) is 0 Å². The molecular weight excluding hydrogens is 392 g/mol. The number of aliphatic hydroxyl groups is 2. The van der Waals surface area contributed by atoms with Crippen molar-refractivity contribution >= 4 is 0 Å². The average Bonchev–Trinajstić information content (AvgIpc) is 2.81. The molecule has 0 saturated heterocycles. The third-order valence-electron chi connectivity index (χ3n) is 6.18. The summed E-state index contributed by atoms with van der Waals surface area (Å²) in [6, 6.07) is 0. The summed E-state index contributed by atoms with van der Waals surface area (Å²) in [5, 5.41) is 17.2. The fraction of sp³-hybridized carbons (Fsp3) is 0.933. The number of allylic oxidation sites excluding steroid dienone is 2. The van der Waals surface area contributed by atoms with Gasteiger partial charge in [0, 0.05) is 13.2 Å². The Morgan fingerprint density at radius 3 is 0.875 bits per heavy atom. The van der Waals surface area contributed by atoms with Crippen LogP contribution in [0.2, 0.25) is 0 Å². The first-order valence-corrected chi connectivity index (χ1v) is 14.7. The van der Waals surface area contributed by atoms with Crippen molar-refractivity contribution in [3.8, 4) is 0 Å². The fourth-order valence-electron chi connectivity index (χ4n) is 3.96. The lowest BCUT2D eigenvalue weighted by Gasteiger charge is -2.00. The van der Waals surface area contributed by atoms with Gasteiger partial charge in [0.1, 0.15) is 0 Å². The van der Waals surface area contributed by atoms with Crippen LogP contribution in [0.3, 0.4) is 0 Å². The zero-order valence-corrected chi connectivity index (χ0v) is 22.4. The lowest BCUT2D eigenvalue weighted by Crippen LogP contribution is -1.84. The molecule has 2 nitrogen and oxygen atoms in total. The summed E-state index contributed by atoms with van der Waals surface area (Å²) in [6.07, 6.45) is 36.5. The maximum absolute atomic E-state index is 8.66. The first kappa shape index (κ1) is 33.8. The molecule has 0 aliphatic heterocycles. The van der Waals surface area contributed by atoms with Gasteiger partial charge >= 0.3 is 0 Å². The van der Waals surface area contributed by atoms with E-state index in [1.165, 1.54) is 141 Å². The quantitative estimate of drug-likeness (QED) is 0.106. The molecule has 32 heavy (non-hydrogen) atoms. The predicted molar refractivity (Wildman–Crippen MR) is 145 cm³/mol. The second-order valence-corrected chi connectivity index (χ2v) is 9.57.